The van der Waals surface area contributed by atoms with E-state index in [-0.39, 0.29) is 21.7 Å². The first-order valence-corrected chi connectivity index (χ1v) is 7.89. The highest BCUT2D eigenvalue weighted by Crippen LogP contribution is 2.28. The number of nitrogens with zero attached hydrogens (tertiary/aromatic N) is 1. The normalized spacial score (nSPS) is 11.5. The summed E-state index contributed by atoms with van der Waals surface area (Å²) in [6.45, 7) is 0. The Kier molecular flexibility index (Phi) is 3.49. The molecular formula is C14H10FN3O4S. The molecule has 0 aliphatic rings. The number of hydrogen-bond donors (Lipinski definition) is 2. The smallest absolute Gasteiger partial charge is 0.270 e. The standard InChI is InChI=1S/C14H10FN3O4S/c15-9-2-1-3-10(6-9)17-23(21,22)14-8-16-13-5-4-11(18(19)20)7-12(13)14/h1-8,16-17H. The van der Waals surface area contributed by atoms with Gasteiger partial charge in [-0.15, -0.1) is 0 Å². The monoisotopic (exact) mass is 335 g/mol. The second-order valence-electron chi connectivity index (χ2n) is 4.76. The van der Waals surface area contributed by atoms with Gasteiger partial charge in [0.05, 0.1) is 10.6 Å². The maximum atomic E-state index is 13.2. The number of aromatic amines is 1. The minimum absolute atomic E-state index is 0.0600. The molecule has 0 aliphatic carbocycles. The van der Waals surface area contributed by atoms with Gasteiger partial charge in [-0.3, -0.25) is 14.8 Å². The van der Waals surface area contributed by atoms with Gasteiger partial charge in [0, 0.05) is 29.2 Å². The zero-order chi connectivity index (χ0) is 16.6. The van der Waals surface area contributed by atoms with Gasteiger partial charge < -0.3 is 4.98 Å². The molecule has 0 saturated heterocycles. The van der Waals surface area contributed by atoms with Gasteiger partial charge in [-0.1, -0.05) is 6.07 Å². The van der Waals surface area contributed by atoms with E-state index in [9.17, 15) is 22.9 Å². The van der Waals surface area contributed by atoms with Crippen LogP contribution in [0.15, 0.2) is 53.6 Å². The Hall–Kier alpha value is -2.94. The number of benzene rings is 2. The van der Waals surface area contributed by atoms with Crippen molar-refractivity contribution in [3.8, 4) is 0 Å². The number of fused-ring (bicyclic) bond motifs is 1. The van der Waals surface area contributed by atoms with Gasteiger partial charge in [0.25, 0.3) is 15.7 Å². The zero-order valence-electron chi connectivity index (χ0n) is 11.5. The summed E-state index contributed by atoms with van der Waals surface area (Å²) in [5.74, 6) is -0.584. The second kappa shape index (κ2) is 5.36. The van der Waals surface area contributed by atoms with Gasteiger partial charge >= 0.3 is 0 Å². The molecule has 0 aliphatic heterocycles. The fourth-order valence-electron chi connectivity index (χ4n) is 2.18. The Labute approximate surface area is 130 Å². The SMILES string of the molecule is O=[N+]([O-])c1ccc2[nH]cc(S(=O)(=O)Nc3cccc(F)c3)c2c1. The number of rotatable bonds is 4. The summed E-state index contributed by atoms with van der Waals surface area (Å²) in [5.41, 5.74) is 0.277. The average molecular weight is 335 g/mol. The van der Waals surface area contributed by atoms with Crippen molar-refractivity contribution >= 4 is 32.3 Å². The maximum Gasteiger partial charge on any atom is 0.270 e. The quantitative estimate of drug-likeness (QED) is 0.564. The number of aromatic nitrogens is 1. The molecule has 2 N–H and O–H groups in total. The number of sulfonamides is 1. The van der Waals surface area contributed by atoms with Gasteiger partial charge in [-0.2, -0.15) is 0 Å². The molecule has 118 valence electrons. The van der Waals surface area contributed by atoms with E-state index in [0.29, 0.717) is 5.52 Å². The van der Waals surface area contributed by atoms with Crippen LogP contribution in [-0.2, 0) is 10.0 Å². The highest BCUT2D eigenvalue weighted by Gasteiger charge is 2.21. The lowest BCUT2D eigenvalue weighted by Crippen LogP contribution is -2.12. The van der Waals surface area contributed by atoms with Crippen molar-refractivity contribution in [1.29, 1.82) is 0 Å². The first kappa shape index (κ1) is 15.0. The third-order valence-electron chi connectivity index (χ3n) is 3.20. The van der Waals surface area contributed by atoms with Gasteiger partial charge in [0.15, 0.2) is 0 Å². The Morgan fingerprint density at radius 3 is 2.65 bits per heavy atom. The number of anilines is 1. The molecule has 9 heteroatoms. The maximum absolute atomic E-state index is 13.2. The molecule has 7 nitrogen and oxygen atoms in total. The third kappa shape index (κ3) is 2.86. The predicted molar refractivity (Wildman–Crippen MR) is 82.2 cm³/mol. The highest BCUT2D eigenvalue weighted by molar-refractivity contribution is 7.93. The van der Waals surface area contributed by atoms with Crippen molar-refractivity contribution in [2.75, 3.05) is 4.72 Å². The number of nitro groups is 1. The van der Waals surface area contributed by atoms with E-state index in [2.05, 4.69) is 9.71 Å². The number of nitro benzene ring substituents is 1. The van der Waals surface area contributed by atoms with E-state index in [1.165, 1.54) is 42.6 Å². The Bertz CT molecular complexity index is 1010. The number of hydrogen-bond acceptors (Lipinski definition) is 4. The molecule has 1 aromatic heterocycles. The summed E-state index contributed by atoms with van der Waals surface area (Å²) >= 11 is 0. The molecule has 3 rings (SSSR count). The largest absolute Gasteiger partial charge is 0.360 e. The summed E-state index contributed by atoms with van der Waals surface area (Å²) in [4.78, 5) is 12.8. The average Bonchev–Trinajstić information content (AvgIpc) is 2.90. The Balaban J connectivity index is 2.07. The van der Waals surface area contributed by atoms with E-state index in [4.69, 9.17) is 0 Å². The van der Waals surface area contributed by atoms with Gasteiger partial charge in [0.2, 0.25) is 0 Å². The molecule has 0 fully saturated rings. The van der Waals surface area contributed by atoms with Crippen LogP contribution in [0.25, 0.3) is 10.9 Å². The summed E-state index contributed by atoms with van der Waals surface area (Å²) in [6.07, 6.45) is 1.23. The number of non-ortho nitro benzene ring substituents is 1. The molecule has 0 radical (unpaired) electrons. The van der Waals surface area contributed by atoms with Crippen LogP contribution < -0.4 is 4.72 Å². The molecule has 2 aromatic carbocycles. The van der Waals surface area contributed by atoms with Crippen molar-refractivity contribution < 1.29 is 17.7 Å². The molecule has 0 unspecified atom stereocenters. The predicted octanol–water partition coefficient (Wildman–Crippen LogP) is 3.02. The number of H-pyrrole nitrogens is 1. The molecule has 3 aromatic rings. The molecule has 0 spiro atoms. The Morgan fingerprint density at radius 1 is 1.17 bits per heavy atom. The van der Waals surface area contributed by atoms with Gasteiger partial charge in [0.1, 0.15) is 10.7 Å². The number of halogens is 1. The third-order valence-corrected chi connectivity index (χ3v) is 4.63. The lowest BCUT2D eigenvalue weighted by molar-refractivity contribution is -0.384. The van der Waals surface area contributed by atoms with Crippen LogP contribution in [0, 0.1) is 15.9 Å². The van der Waals surface area contributed by atoms with E-state index in [1.54, 1.807) is 0 Å². The fourth-order valence-corrected chi connectivity index (χ4v) is 3.40. The molecule has 0 atom stereocenters. The first-order chi connectivity index (χ1) is 10.9. The summed E-state index contributed by atoms with van der Waals surface area (Å²) in [7, 11) is -4.03. The number of nitrogens with one attached hydrogen (secondary N) is 2. The van der Waals surface area contributed by atoms with Crippen molar-refractivity contribution in [2.45, 2.75) is 4.90 Å². The van der Waals surface area contributed by atoms with Crippen molar-refractivity contribution in [1.82, 2.24) is 4.98 Å². The van der Waals surface area contributed by atoms with E-state index < -0.39 is 20.8 Å². The molecule has 0 amide bonds. The van der Waals surface area contributed by atoms with Crippen LogP contribution in [0.5, 0.6) is 0 Å². The molecule has 23 heavy (non-hydrogen) atoms. The van der Waals surface area contributed by atoms with Crippen LogP contribution in [0.3, 0.4) is 0 Å². The van der Waals surface area contributed by atoms with Crippen molar-refractivity contribution in [3.05, 3.63) is 64.6 Å². The molecule has 0 saturated carbocycles. The lowest BCUT2D eigenvalue weighted by atomic mass is 10.2. The van der Waals surface area contributed by atoms with E-state index in [0.717, 1.165) is 6.07 Å². The lowest BCUT2D eigenvalue weighted by Gasteiger charge is -2.07. The summed E-state index contributed by atoms with van der Waals surface area (Å²) in [6, 6.07) is 8.86. The highest BCUT2D eigenvalue weighted by atomic mass is 32.2. The van der Waals surface area contributed by atoms with E-state index in [1.807, 2.05) is 0 Å². The summed E-state index contributed by atoms with van der Waals surface area (Å²) < 4.78 is 40.3. The van der Waals surface area contributed by atoms with Crippen LogP contribution in [0.4, 0.5) is 15.8 Å². The zero-order valence-corrected chi connectivity index (χ0v) is 12.3. The summed E-state index contributed by atoms with van der Waals surface area (Å²) in [5, 5.41) is 11.0. The van der Waals surface area contributed by atoms with Crippen LogP contribution in [0.1, 0.15) is 0 Å². The molecule has 1 heterocycles. The second-order valence-corrected chi connectivity index (χ2v) is 6.41. The van der Waals surface area contributed by atoms with Crippen LogP contribution in [-0.4, -0.2) is 18.3 Å². The van der Waals surface area contributed by atoms with Crippen LogP contribution >= 0.6 is 0 Å². The van der Waals surface area contributed by atoms with Crippen LogP contribution in [0.2, 0.25) is 0 Å². The van der Waals surface area contributed by atoms with Crippen molar-refractivity contribution in [2.24, 2.45) is 0 Å². The molecule has 0 bridgehead atoms. The fraction of sp³-hybridized carbons (Fsp3) is 0. The molecular weight excluding hydrogens is 325 g/mol. The Morgan fingerprint density at radius 2 is 1.96 bits per heavy atom. The minimum atomic E-state index is -4.03. The first-order valence-electron chi connectivity index (χ1n) is 6.41. The van der Waals surface area contributed by atoms with Gasteiger partial charge in [-0.25, -0.2) is 12.8 Å². The van der Waals surface area contributed by atoms with Gasteiger partial charge in [-0.05, 0) is 24.3 Å². The van der Waals surface area contributed by atoms with Crippen molar-refractivity contribution in [3.63, 3.8) is 0 Å². The topological polar surface area (TPSA) is 105 Å². The van der Waals surface area contributed by atoms with E-state index >= 15 is 0 Å². The minimum Gasteiger partial charge on any atom is -0.360 e.